The number of piperidine rings is 1. The summed E-state index contributed by atoms with van der Waals surface area (Å²) < 4.78 is 42.3. The number of likely N-dealkylation sites (tertiary alicyclic amines) is 1. The van der Waals surface area contributed by atoms with Crippen LogP contribution in [0.1, 0.15) is 42.2 Å². The van der Waals surface area contributed by atoms with Crippen molar-refractivity contribution in [1.29, 1.82) is 0 Å². The fourth-order valence-electron chi connectivity index (χ4n) is 3.96. The Balaban J connectivity index is 1.56. The van der Waals surface area contributed by atoms with Gasteiger partial charge in [-0.25, -0.2) is 9.20 Å². The van der Waals surface area contributed by atoms with Gasteiger partial charge in [0.1, 0.15) is 5.52 Å². The quantitative estimate of drug-likeness (QED) is 0.642. The van der Waals surface area contributed by atoms with Crippen LogP contribution in [0.25, 0.3) is 11.5 Å². The number of carbonyl (C=O) groups is 1. The van der Waals surface area contributed by atoms with Gasteiger partial charge in [0.25, 0.3) is 11.5 Å². The van der Waals surface area contributed by atoms with Crippen molar-refractivity contribution in [3.05, 3.63) is 57.3 Å². The maximum Gasteiger partial charge on any atom is 0.412 e. The van der Waals surface area contributed by atoms with Crippen LogP contribution in [0.15, 0.2) is 40.5 Å². The molecule has 0 bridgehead atoms. The first-order valence-corrected chi connectivity index (χ1v) is 9.90. The Morgan fingerprint density at radius 2 is 1.97 bits per heavy atom. The van der Waals surface area contributed by atoms with E-state index in [1.165, 1.54) is 27.2 Å². The number of nitrogens with one attached hydrogen (secondary N) is 1. The number of allylic oxidation sites excluding steroid dienone is 1. The first kappa shape index (κ1) is 20.9. The topological polar surface area (TPSA) is 88.3 Å². The lowest BCUT2D eigenvalue weighted by molar-refractivity contribution is -0.0949. The van der Waals surface area contributed by atoms with Crippen molar-refractivity contribution >= 4 is 11.4 Å². The van der Waals surface area contributed by atoms with Gasteiger partial charge in [0.15, 0.2) is 0 Å². The highest BCUT2D eigenvalue weighted by atomic mass is 19.4. The number of H-pyrrole nitrogens is 1. The van der Waals surface area contributed by atoms with Crippen LogP contribution in [0.3, 0.4) is 0 Å². The molecular formula is C20H21F3N6O2. The molecular weight excluding hydrogens is 413 g/mol. The monoisotopic (exact) mass is 434 g/mol. The number of hydrogen-bond donors (Lipinski definition) is 1. The SMILES string of the molecule is CCC(=C1CCN(C(=O)c2cnn(-c3nn4cccc4c(=O)[nH]3)c2C)CC1)C(F)(F)F. The van der Waals surface area contributed by atoms with Crippen molar-refractivity contribution in [3.63, 3.8) is 0 Å². The van der Waals surface area contributed by atoms with E-state index in [1.807, 2.05) is 0 Å². The summed E-state index contributed by atoms with van der Waals surface area (Å²) in [5.41, 5.74) is 0.712. The third-order valence-corrected chi connectivity index (χ3v) is 5.61. The van der Waals surface area contributed by atoms with E-state index in [0.717, 1.165) is 0 Å². The number of aromatic amines is 1. The second-order valence-corrected chi connectivity index (χ2v) is 7.40. The summed E-state index contributed by atoms with van der Waals surface area (Å²) in [6, 6.07) is 3.32. The average Bonchev–Trinajstić information content (AvgIpc) is 3.34. The van der Waals surface area contributed by atoms with E-state index in [1.54, 1.807) is 25.3 Å². The van der Waals surface area contributed by atoms with E-state index < -0.39 is 11.7 Å². The minimum atomic E-state index is -4.33. The summed E-state index contributed by atoms with van der Waals surface area (Å²) >= 11 is 0. The summed E-state index contributed by atoms with van der Waals surface area (Å²) in [5.74, 6) is -0.149. The lowest BCUT2D eigenvalue weighted by Crippen LogP contribution is -2.37. The smallest absolute Gasteiger partial charge is 0.338 e. The van der Waals surface area contributed by atoms with Crippen LogP contribution in [-0.2, 0) is 0 Å². The van der Waals surface area contributed by atoms with E-state index in [9.17, 15) is 22.8 Å². The number of nitrogens with zero attached hydrogens (tertiary/aromatic N) is 5. The Bertz CT molecular complexity index is 1220. The number of fused-ring (bicyclic) bond motifs is 1. The summed E-state index contributed by atoms with van der Waals surface area (Å²) in [5, 5.41) is 8.49. The van der Waals surface area contributed by atoms with Gasteiger partial charge >= 0.3 is 6.18 Å². The van der Waals surface area contributed by atoms with E-state index in [2.05, 4.69) is 15.2 Å². The summed E-state index contributed by atoms with van der Waals surface area (Å²) in [6.07, 6.45) is -1.00. The Kier molecular flexibility index (Phi) is 5.19. The molecule has 8 nitrogen and oxygen atoms in total. The zero-order valence-corrected chi connectivity index (χ0v) is 17.0. The van der Waals surface area contributed by atoms with Crippen LogP contribution in [0.4, 0.5) is 13.2 Å². The number of aromatic nitrogens is 5. The molecule has 11 heteroatoms. The highest BCUT2D eigenvalue weighted by molar-refractivity contribution is 5.95. The van der Waals surface area contributed by atoms with E-state index in [-0.39, 0.29) is 49.8 Å². The van der Waals surface area contributed by atoms with Crippen LogP contribution in [0.2, 0.25) is 0 Å². The van der Waals surface area contributed by atoms with Crippen LogP contribution in [0.5, 0.6) is 0 Å². The summed E-state index contributed by atoms with van der Waals surface area (Å²) in [4.78, 5) is 29.4. The second kappa shape index (κ2) is 7.71. The largest absolute Gasteiger partial charge is 0.412 e. The predicted octanol–water partition coefficient (Wildman–Crippen LogP) is 3.02. The molecule has 0 aromatic carbocycles. The molecule has 1 fully saturated rings. The van der Waals surface area contributed by atoms with Gasteiger partial charge in [-0.2, -0.15) is 18.3 Å². The van der Waals surface area contributed by atoms with Crippen molar-refractivity contribution in [1.82, 2.24) is 29.3 Å². The van der Waals surface area contributed by atoms with Gasteiger partial charge in [0, 0.05) is 24.9 Å². The zero-order valence-electron chi connectivity index (χ0n) is 17.0. The third kappa shape index (κ3) is 3.75. The van der Waals surface area contributed by atoms with Crippen LogP contribution in [-0.4, -0.2) is 54.5 Å². The molecule has 0 spiro atoms. The molecule has 31 heavy (non-hydrogen) atoms. The molecule has 1 saturated heterocycles. The van der Waals surface area contributed by atoms with Crippen molar-refractivity contribution in [2.75, 3.05) is 13.1 Å². The van der Waals surface area contributed by atoms with Crippen LogP contribution < -0.4 is 5.56 Å². The van der Waals surface area contributed by atoms with Gasteiger partial charge in [0.05, 0.1) is 17.5 Å². The molecule has 0 unspecified atom stereocenters. The molecule has 1 aliphatic rings. The number of amides is 1. The molecule has 3 aromatic rings. The molecule has 1 N–H and O–H groups in total. The lowest BCUT2D eigenvalue weighted by atomic mass is 9.95. The second-order valence-electron chi connectivity index (χ2n) is 7.40. The van der Waals surface area contributed by atoms with Crippen LogP contribution >= 0.6 is 0 Å². The van der Waals surface area contributed by atoms with Crippen molar-refractivity contribution in [3.8, 4) is 5.95 Å². The standard InChI is InChI=1S/C20H21F3N6O2/c1-3-15(20(21,22)23)13-6-9-27(10-7-13)18(31)14-11-24-29(12(14)2)19-25-17(30)16-5-4-8-28(16)26-19/h4-5,8,11H,3,6-7,9-10H2,1-2H3,(H,25,26,30). The first-order chi connectivity index (χ1) is 14.7. The Morgan fingerprint density at radius 3 is 2.61 bits per heavy atom. The first-order valence-electron chi connectivity index (χ1n) is 9.90. The molecule has 0 radical (unpaired) electrons. The Morgan fingerprint density at radius 1 is 1.26 bits per heavy atom. The fourth-order valence-corrected chi connectivity index (χ4v) is 3.96. The molecule has 3 aromatic heterocycles. The van der Waals surface area contributed by atoms with Crippen molar-refractivity contribution < 1.29 is 18.0 Å². The van der Waals surface area contributed by atoms with Gasteiger partial charge in [-0.05, 0) is 38.3 Å². The molecule has 0 atom stereocenters. The predicted molar refractivity (Wildman–Crippen MR) is 106 cm³/mol. The molecule has 4 rings (SSSR count). The zero-order chi connectivity index (χ0) is 22.3. The Hall–Kier alpha value is -3.37. The summed E-state index contributed by atoms with van der Waals surface area (Å²) in [7, 11) is 0. The lowest BCUT2D eigenvalue weighted by Gasteiger charge is -2.30. The number of alkyl halides is 3. The third-order valence-electron chi connectivity index (χ3n) is 5.61. The Labute approximate surface area is 175 Å². The van der Waals surface area contributed by atoms with E-state index in [0.29, 0.717) is 22.3 Å². The van der Waals surface area contributed by atoms with Gasteiger partial charge in [0.2, 0.25) is 5.95 Å². The van der Waals surface area contributed by atoms with Crippen molar-refractivity contribution in [2.45, 2.75) is 39.3 Å². The average molecular weight is 434 g/mol. The number of hydrogen-bond acceptors (Lipinski definition) is 4. The van der Waals surface area contributed by atoms with Gasteiger partial charge in [-0.1, -0.05) is 12.5 Å². The normalized spacial score (nSPS) is 15.0. The highest BCUT2D eigenvalue weighted by Crippen LogP contribution is 2.34. The van der Waals surface area contributed by atoms with Gasteiger partial charge < -0.3 is 4.90 Å². The van der Waals surface area contributed by atoms with Gasteiger partial charge in [-0.3, -0.25) is 14.6 Å². The maximum absolute atomic E-state index is 13.2. The maximum atomic E-state index is 13.2. The molecule has 164 valence electrons. The molecule has 1 amide bonds. The fraction of sp³-hybridized carbons (Fsp3) is 0.400. The van der Waals surface area contributed by atoms with E-state index in [4.69, 9.17) is 0 Å². The molecule has 4 heterocycles. The molecule has 1 aliphatic heterocycles. The van der Waals surface area contributed by atoms with E-state index >= 15 is 0 Å². The van der Waals surface area contributed by atoms with Gasteiger partial charge in [-0.15, -0.1) is 5.10 Å². The molecule has 0 aliphatic carbocycles. The minimum absolute atomic E-state index is 0.0738. The van der Waals surface area contributed by atoms with Crippen LogP contribution in [0, 0.1) is 6.92 Å². The number of halogens is 3. The number of carbonyl (C=O) groups excluding carboxylic acids is 1. The molecule has 0 saturated carbocycles. The summed E-state index contributed by atoms with van der Waals surface area (Å²) in [6.45, 7) is 3.59. The van der Waals surface area contributed by atoms with Crippen molar-refractivity contribution in [2.24, 2.45) is 0 Å². The number of rotatable bonds is 3. The minimum Gasteiger partial charge on any atom is -0.338 e. The highest BCUT2D eigenvalue weighted by Gasteiger charge is 2.36.